The van der Waals surface area contributed by atoms with E-state index in [0.29, 0.717) is 49.6 Å². The molecule has 0 bridgehead atoms. The van der Waals surface area contributed by atoms with Gasteiger partial charge in [-0.1, -0.05) is 0 Å². The third-order valence-corrected chi connectivity index (χ3v) is 5.69. The van der Waals surface area contributed by atoms with E-state index in [4.69, 9.17) is 0 Å². The molecule has 1 N–H and O–H groups in total. The summed E-state index contributed by atoms with van der Waals surface area (Å²) >= 11 is 0. The van der Waals surface area contributed by atoms with Gasteiger partial charge in [-0.3, -0.25) is 14.2 Å². The highest BCUT2D eigenvalue weighted by Crippen LogP contribution is 2.16. The average Bonchev–Trinajstić information content (AvgIpc) is 3.08. The van der Waals surface area contributed by atoms with Crippen LogP contribution in [0.5, 0.6) is 0 Å². The molecule has 0 spiro atoms. The molecule has 9 nitrogen and oxygen atoms in total. The van der Waals surface area contributed by atoms with Gasteiger partial charge in [0, 0.05) is 25.8 Å². The minimum atomic E-state index is -3.24. The predicted molar refractivity (Wildman–Crippen MR) is 95.9 cm³/mol. The van der Waals surface area contributed by atoms with E-state index in [1.165, 1.54) is 10.6 Å². The molecule has 3 rings (SSSR count). The zero-order valence-corrected chi connectivity index (χ0v) is 16.1. The van der Waals surface area contributed by atoms with Crippen molar-refractivity contribution < 1.29 is 13.2 Å². The molecule has 2 aromatic heterocycles. The molecular formula is C16H24N6O3S. The van der Waals surface area contributed by atoms with Gasteiger partial charge in [-0.2, -0.15) is 14.5 Å². The Morgan fingerprint density at radius 2 is 2.08 bits per heavy atom. The van der Waals surface area contributed by atoms with Gasteiger partial charge in [0.15, 0.2) is 0 Å². The molecule has 1 aliphatic rings. The number of rotatable bonds is 5. The molecule has 0 unspecified atom stereocenters. The number of carbonyl (C=O) groups is 1. The minimum absolute atomic E-state index is 0.192. The number of nitrogens with zero attached hydrogens (tertiary/aromatic N) is 5. The number of hydrogen-bond donors (Lipinski definition) is 1. The molecule has 0 fully saturated rings. The maximum atomic E-state index is 12.4. The lowest BCUT2D eigenvalue weighted by molar-refractivity contribution is 0.0949. The van der Waals surface area contributed by atoms with E-state index in [2.05, 4.69) is 15.5 Å². The first-order valence-corrected chi connectivity index (χ1v) is 10.5. The number of aromatic nitrogens is 4. The summed E-state index contributed by atoms with van der Waals surface area (Å²) in [6, 6.07) is 1.85. The van der Waals surface area contributed by atoms with Gasteiger partial charge in [-0.15, -0.1) is 0 Å². The summed E-state index contributed by atoms with van der Waals surface area (Å²) in [5.74, 6) is -0.192. The molecule has 1 amide bonds. The van der Waals surface area contributed by atoms with E-state index in [1.807, 2.05) is 17.7 Å². The van der Waals surface area contributed by atoms with Gasteiger partial charge in [0.05, 0.1) is 42.0 Å². The highest BCUT2D eigenvalue weighted by molar-refractivity contribution is 7.88. The highest BCUT2D eigenvalue weighted by atomic mass is 32.2. The Balaban J connectivity index is 1.68. The fraction of sp³-hybridized carbons (Fsp3) is 0.562. The highest BCUT2D eigenvalue weighted by Gasteiger charge is 2.23. The Morgan fingerprint density at radius 1 is 1.31 bits per heavy atom. The number of fused-ring (bicyclic) bond motifs is 1. The maximum Gasteiger partial charge on any atom is 0.255 e. The third-order valence-electron chi connectivity index (χ3n) is 4.44. The van der Waals surface area contributed by atoms with Gasteiger partial charge in [-0.25, -0.2) is 8.42 Å². The Bertz CT molecular complexity index is 915. The zero-order valence-electron chi connectivity index (χ0n) is 15.3. The van der Waals surface area contributed by atoms with Crippen LogP contribution in [-0.4, -0.2) is 51.0 Å². The van der Waals surface area contributed by atoms with Crippen molar-refractivity contribution in [3.8, 4) is 0 Å². The molecule has 0 atom stereocenters. The predicted octanol–water partition coefficient (Wildman–Crippen LogP) is 0.503. The fourth-order valence-corrected chi connectivity index (χ4v) is 3.86. The topological polar surface area (TPSA) is 102 Å². The van der Waals surface area contributed by atoms with Crippen LogP contribution in [0.2, 0.25) is 0 Å². The van der Waals surface area contributed by atoms with Crippen molar-refractivity contribution in [1.82, 2.24) is 29.2 Å². The van der Waals surface area contributed by atoms with E-state index in [1.54, 1.807) is 17.8 Å². The first-order chi connectivity index (χ1) is 12.3. The monoisotopic (exact) mass is 380 g/mol. The van der Waals surface area contributed by atoms with E-state index >= 15 is 0 Å². The maximum absolute atomic E-state index is 12.4. The summed E-state index contributed by atoms with van der Waals surface area (Å²) in [4.78, 5) is 12.4. The Morgan fingerprint density at radius 3 is 2.73 bits per heavy atom. The van der Waals surface area contributed by atoms with E-state index in [-0.39, 0.29) is 12.5 Å². The standard InChI is InChI=1S/C16H24N6O3S/c1-4-20-11-15(12(2)18-20)16(23)17-9-13-8-14-10-21(26(3,24)25)6-5-7-22(14)19-13/h8,11H,4-7,9-10H2,1-3H3,(H,17,23). The van der Waals surface area contributed by atoms with Crippen LogP contribution in [-0.2, 0) is 36.2 Å². The van der Waals surface area contributed by atoms with Crippen LogP contribution < -0.4 is 5.32 Å². The zero-order chi connectivity index (χ0) is 18.9. The summed E-state index contributed by atoms with van der Waals surface area (Å²) in [6.45, 7) is 6.23. The van der Waals surface area contributed by atoms with Crippen LogP contribution in [0.1, 0.15) is 40.8 Å². The van der Waals surface area contributed by atoms with Gasteiger partial charge in [-0.05, 0) is 26.3 Å². The Hall–Kier alpha value is -2.20. The first kappa shape index (κ1) is 18.6. The Labute approximate surface area is 153 Å². The smallest absolute Gasteiger partial charge is 0.255 e. The molecule has 2 aromatic rings. The molecule has 0 aliphatic carbocycles. The summed E-state index contributed by atoms with van der Waals surface area (Å²) in [7, 11) is -3.24. The molecule has 142 valence electrons. The normalized spacial score (nSPS) is 15.5. The lowest BCUT2D eigenvalue weighted by atomic mass is 10.2. The van der Waals surface area contributed by atoms with Crippen molar-refractivity contribution in [2.45, 2.75) is 46.4 Å². The van der Waals surface area contributed by atoms with Crippen LogP contribution in [0.25, 0.3) is 0 Å². The van der Waals surface area contributed by atoms with Crippen LogP contribution in [0, 0.1) is 6.92 Å². The number of amides is 1. The van der Waals surface area contributed by atoms with Gasteiger partial charge < -0.3 is 5.32 Å². The van der Waals surface area contributed by atoms with E-state index < -0.39 is 10.0 Å². The molecule has 0 saturated carbocycles. The van der Waals surface area contributed by atoms with Crippen molar-refractivity contribution in [3.05, 3.63) is 34.9 Å². The van der Waals surface area contributed by atoms with Gasteiger partial charge >= 0.3 is 0 Å². The molecule has 10 heteroatoms. The van der Waals surface area contributed by atoms with E-state index in [0.717, 1.165) is 5.69 Å². The van der Waals surface area contributed by atoms with Gasteiger partial charge in [0.1, 0.15) is 0 Å². The van der Waals surface area contributed by atoms with Crippen LogP contribution >= 0.6 is 0 Å². The summed E-state index contributed by atoms with van der Waals surface area (Å²) in [6.07, 6.45) is 3.67. The lowest BCUT2D eigenvalue weighted by Gasteiger charge is -2.16. The van der Waals surface area contributed by atoms with Gasteiger partial charge in [0.25, 0.3) is 5.91 Å². The van der Waals surface area contributed by atoms with Crippen LogP contribution in [0.15, 0.2) is 12.3 Å². The number of nitrogens with one attached hydrogen (secondary N) is 1. The number of sulfonamides is 1. The average molecular weight is 380 g/mol. The Kier molecular flexibility index (Phi) is 5.15. The minimum Gasteiger partial charge on any atom is -0.346 e. The molecule has 26 heavy (non-hydrogen) atoms. The number of hydrogen-bond acceptors (Lipinski definition) is 5. The number of aryl methyl sites for hydroxylation is 3. The largest absolute Gasteiger partial charge is 0.346 e. The van der Waals surface area contributed by atoms with Crippen LogP contribution in [0.4, 0.5) is 0 Å². The molecule has 0 saturated heterocycles. The van der Waals surface area contributed by atoms with Crippen molar-refractivity contribution in [1.29, 1.82) is 0 Å². The second-order valence-corrected chi connectivity index (χ2v) is 8.45. The van der Waals surface area contributed by atoms with Gasteiger partial charge in [0.2, 0.25) is 10.0 Å². The van der Waals surface area contributed by atoms with E-state index in [9.17, 15) is 13.2 Å². The summed E-state index contributed by atoms with van der Waals surface area (Å²) in [5, 5.41) is 11.6. The van der Waals surface area contributed by atoms with Crippen molar-refractivity contribution in [3.63, 3.8) is 0 Å². The SMILES string of the molecule is CCn1cc(C(=O)NCc2cc3n(n2)CCCN(S(C)(=O)=O)C3)c(C)n1. The first-order valence-electron chi connectivity index (χ1n) is 8.61. The quantitative estimate of drug-likeness (QED) is 0.814. The molecule has 0 radical (unpaired) electrons. The second-order valence-electron chi connectivity index (χ2n) is 6.47. The summed E-state index contributed by atoms with van der Waals surface area (Å²) < 4.78 is 28.6. The second kappa shape index (κ2) is 7.20. The number of carbonyl (C=O) groups excluding carboxylic acids is 1. The van der Waals surface area contributed by atoms with Crippen molar-refractivity contribution >= 4 is 15.9 Å². The summed E-state index contributed by atoms with van der Waals surface area (Å²) in [5.41, 5.74) is 2.79. The van der Waals surface area contributed by atoms with Crippen LogP contribution in [0.3, 0.4) is 0 Å². The molecule has 0 aromatic carbocycles. The molecular weight excluding hydrogens is 356 g/mol. The fourth-order valence-electron chi connectivity index (χ4n) is 3.03. The molecule has 3 heterocycles. The third kappa shape index (κ3) is 3.96. The van der Waals surface area contributed by atoms with Crippen molar-refractivity contribution in [2.24, 2.45) is 0 Å². The molecule has 1 aliphatic heterocycles. The lowest BCUT2D eigenvalue weighted by Crippen LogP contribution is -2.29. The van der Waals surface area contributed by atoms with Crippen molar-refractivity contribution in [2.75, 3.05) is 12.8 Å².